The van der Waals surface area contributed by atoms with E-state index in [2.05, 4.69) is 64.6 Å². The summed E-state index contributed by atoms with van der Waals surface area (Å²) in [5, 5.41) is 6.51. The molecule has 26 heavy (non-hydrogen) atoms. The van der Waals surface area contributed by atoms with Gasteiger partial charge in [0.15, 0.2) is 0 Å². The standard InChI is InChI=1S/C19H28N6O/c1-12-4-5-14(8-13(12)2)10-21-19-23-16(9-20)17(18(26)24-19)22-15-6-7-25(3)11-15/h4-5,8,15,22H,6-7,9-11,20H2,1-3H3,(H2,21,23,24,26). The largest absolute Gasteiger partial charge is 0.375 e. The topological polar surface area (TPSA) is 99.1 Å². The van der Waals surface area contributed by atoms with E-state index >= 15 is 0 Å². The number of benzene rings is 1. The average molecular weight is 356 g/mol. The molecular weight excluding hydrogens is 328 g/mol. The van der Waals surface area contributed by atoms with Crippen LogP contribution in [0.3, 0.4) is 0 Å². The molecule has 1 atom stereocenters. The van der Waals surface area contributed by atoms with Crippen molar-refractivity contribution in [2.75, 3.05) is 30.8 Å². The fourth-order valence-corrected chi connectivity index (χ4v) is 3.26. The van der Waals surface area contributed by atoms with Gasteiger partial charge in [-0.15, -0.1) is 0 Å². The maximum absolute atomic E-state index is 12.5. The summed E-state index contributed by atoms with van der Waals surface area (Å²) >= 11 is 0. The molecule has 3 rings (SSSR count). The van der Waals surface area contributed by atoms with Crippen LogP contribution in [-0.4, -0.2) is 41.0 Å². The van der Waals surface area contributed by atoms with Crippen molar-refractivity contribution in [3.63, 3.8) is 0 Å². The molecule has 1 fully saturated rings. The minimum atomic E-state index is -0.183. The van der Waals surface area contributed by atoms with Crippen molar-refractivity contribution in [1.29, 1.82) is 0 Å². The highest BCUT2D eigenvalue weighted by atomic mass is 16.1. The number of rotatable bonds is 6. The lowest BCUT2D eigenvalue weighted by Crippen LogP contribution is -2.29. The molecule has 0 saturated carbocycles. The van der Waals surface area contributed by atoms with Crippen LogP contribution in [0.2, 0.25) is 0 Å². The highest BCUT2D eigenvalue weighted by Crippen LogP contribution is 2.16. The van der Waals surface area contributed by atoms with E-state index in [1.54, 1.807) is 0 Å². The van der Waals surface area contributed by atoms with Gasteiger partial charge in [-0.2, -0.15) is 0 Å². The number of likely N-dealkylation sites (tertiary alicyclic amines) is 1. The van der Waals surface area contributed by atoms with Crippen molar-refractivity contribution in [3.8, 4) is 0 Å². The molecule has 1 aliphatic heterocycles. The first-order valence-electron chi connectivity index (χ1n) is 9.04. The second kappa shape index (κ2) is 7.88. The summed E-state index contributed by atoms with van der Waals surface area (Å²) in [5.41, 5.74) is 10.4. The number of hydrogen-bond acceptors (Lipinski definition) is 6. The van der Waals surface area contributed by atoms with Crippen molar-refractivity contribution in [2.45, 2.75) is 39.4 Å². The molecule has 1 saturated heterocycles. The Morgan fingerprint density at radius 3 is 2.81 bits per heavy atom. The molecule has 1 aromatic heterocycles. The van der Waals surface area contributed by atoms with Gasteiger partial charge in [-0.25, -0.2) is 4.98 Å². The van der Waals surface area contributed by atoms with Crippen LogP contribution in [0.15, 0.2) is 23.0 Å². The first-order chi connectivity index (χ1) is 12.5. The highest BCUT2D eigenvalue weighted by Gasteiger charge is 2.21. The van der Waals surface area contributed by atoms with Gasteiger partial charge in [-0.05, 0) is 50.6 Å². The monoisotopic (exact) mass is 356 g/mol. The molecule has 140 valence electrons. The quantitative estimate of drug-likeness (QED) is 0.627. The maximum atomic E-state index is 12.5. The average Bonchev–Trinajstić information content (AvgIpc) is 3.03. The summed E-state index contributed by atoms with van der Waals surface area (Å²) in [4.78, 5) is 22.1. The Hall–Kier alpha value is -2.38. The number of likely N-dealkylation sites (N-methyl/N-ethyl adjacent to an activating group) is 1. The SMILES string of the molecule is Cc1ccc(CNc2nc(CN)c(NC3CCN(C)C3)c(=O)[nH]2)cc1C. The second-order valence-electron chi connectivity index (χ2n) is 7.10. The number of nitrogens with zero attached hydrogens (tertiary/aromatic N) is 2. The first kappa shape index (κ1) is 18.4. The maximum Gasteiger partial charge on any atom is 0.275 e. The van der Waals surface area contributed by atoms with Crippen LogP contribution in [0.1, 0.15) is 28.8 Å². The zero-order valence-electron chi connectivity index (χ0n) is 15.7. The Morgan fingerprint density at radius 1 is 1.35 bits per heavy atom. The third-order valence-corrected chi connectivity index (χ3v) is 4.96. The lowest BCUT2D eigenvalue weighted by atomic mass is 10.1. The van der Waals surface area contributed by atoms with Crippen LogP contribution < -0.4 is 21.9 Å². The Bertz CT molecular complexity index is 831. The van der Waals surface area contributed by atoms with Gasteiger partial charge >= 0.3 is 0 Å². The molecule has 2 aromatic rings. The second-order valence-corrected chi connectivity index (χ2v) is 7.10. The molecule has 5 N–H and O–H groups in total. The fraction of sp³-hybridized carbons (Fsp3) is 0.474. The molecule has 1 aromatic carbocycles. The van der Waals surface area contributed by atoms with Crippen molar-refractivity contribution >= 4 is 11.6 Å². The Kier molecular flexibility index (Phi) is 5.58. The highest BCUT2D eigenvalue weighted by molar-refractivity contribution is 5.49. The third kappa shape index (κ3) is 4.23. The first-order valence-corrected chi connectivity index (χ1v) is 9.04. The smallest absolute Gasteiger partial charge is 0.275 e. The van der Waals surface area contributed by atoms with Gasteiger partial charge in [-0.3, -0.25) is 9.78 Å². The molecule has 2 heterocycles. The van der Waals surface area contributed by atoms with Crippen LogP contribution in [0.4, 0.5) is 11.6 Å². The van der Waals surface area contributed by atoms with Gasteiger partial charge < -0.3 is 21.3 Å². The van der Waals surface area contributed by atoms with E-state index in [9.17, 15) is 4.79 Å². The number of aromatic nitrogens is 2. The Labute approximate surface area is 154 Å². The minimum Gasteiger partial charge on any atom is -0.375 e. The van der Waals surface area contributed by atoms with Crippen molar-refractivity contribution in [2.24, 2.45) is 5.73 Å². The zero-order chi connectivity index (χ0) is 18.7. The van der Waals surface area contributed by atoms with Crippen molar-refractivity contribution in [3.05, 3.63) is 50.9 Å². The van der Waals surface area contributed by atoms with Crippen LogP contribution in [0, 0.1) is 13.8 Å². The molecule has 0 amide bonds. The van der Waals surface area contributed by atoms with E-state index in [0.29, 0.717) is 23.9 Å². The zero-order valence-corrected chi connectivity index (χ0v) is 15.7. The molecule has 0 spiro atoms. The van der Waals surface area contributed by atoms with Crippen molar-refractivity contribution < 1.29 is 0 Å². The Balaban J connectivity index is 1.73. The summed E-state index contributed by atoms with van der Waals surface area (Å²) in [5.74, 6) is 0.447. The predicted octanol–water partition coefficient (Wildman–Crippen LogP) is 1.57. The number of H-pyrrole nitrogens is 1. The van der Waals surface area contributed by atoms with Crippen LogP contribution in [-0.2, 0) is 13.1 Å². The van der Waals surface area contributed by atoms with Crippen LogP contribution in [0.5, 0.6) is 0 Å². The molecule has 0 aliphatic carbocycles. The minimum absolute atomic E-state index is 0.183. The molecule has 0 bridgehead atoms. The number of aromatic amines is 1. The van der Waals surface area contributed by atoms with E-state index in [4.69, 9.17) is 5.73 Å². The number of nitrogens with two attached hydrogens (primary N) is 1. The van der Waals surface area contributed by atoms with Crippen molar-refractivity contribution in [1.82, 2.24) is 14.9 Å². The number of hydrogen-bond donors (Lipinski definition) is 4. The van der Waals surface area contributed by atoms with Crippen LogP contribution in [0.25, 0.3) is 0 Å². The molecule has 1 aliphatic rings. The van der Waals surface area contributed by atoms with Gasteiger partial charge in [0, 0.05) is 25.7 Å². The van der Waals surface area contributed by atoms with Crippen LogP contribution >= 0.6 is 0 Å². The van der Waals surface area contributed by atoms with E-state index in [1.807, 2.05) is 0 Å². The molecule has 1 unspecified atom stereocenters. The van der Waals surface area contributed by atoms with E-state index in [0.717, 1.165) is 25.1 Å². The Morgan fingerprint density at radius 2 is 2.15 bits per heavy atom. The lowest BCUT2D eigenvalue weighted by molar-refractivity contribution is 0.414. The summed E-state index contributed by atoms with van der Waals surface area (Å²) in [6.07, 6.45) is 1.01. The fourth-order valence-electron chi connectivity index (χ4n) is 3.26. The van der Waals surface area contributed by atoms with E-state index in [-0.39, 0.29) is 18.1 Å². The van der Waals surface area contributed by atoms with Gasteiger partial charge in [0.2, 0.25) is 5.95 Å². The number of anilines is 2. The summed E-state index contributed by atoms with van der Waals surface area (Å²) in [7, 11) is 2.08. The van der Waals surface area contributed by atoms with E-state index < -0.39 is 0 Å². The van der Waals surface area contributed by atoms with Gasteiger partial charge in [0.25, 0.3) is 5.56 Å². The number of aryl methyl sites for hydroxylation is 2. The molecular formula is C19H28N6O. The summed E-state index contributed by atoms with van der Waals surface area (Å²) < 4.78 is 0. The normalized spacial score (nSPS) is 17.5. The predicted molar refractivity (Wildman–Crippen MR) is 106 cm³/mol. The number of nitrogens with one attached hydrogen (secondary N) is 3. The van der Waals surface area contributed by atoms with Gasteiger partial charge in [-0.1, -0.05) is 18.2 Å². The molecule has 0 radical (unpaired) electrons. The molecule has 7 heteroatoms. The summed E-state index contributed by atoms with van der Waals surface area (Å²) in [6.45, 7) is 6.92. The molecule has 7 nitrogen and oxygen atoms in total. The van der Waals surface area contributed by atoms with E-state index in [1.165, 1.54) is 11.1 Å². The lowest BCUT2D eigenvalue weighted by Gasteiger charge is -2.16. The summed E-state index contributed by atoms with van der Waals surface area (Å²) in [6, 6.07) is 6.56. The van der Waals surface area contributed by atoms with Gasteiger partial charge in [0.1, 0.15) is 5.69 Å². The third-order valence-electron chi connectivity index (χ3n) is 4.96. The van der Waals surface area contributed by atoms with Gasteiger partial charge in [0.05, 0.1) is 5.69 Å².